The summed E-state index contributed by atoms with van der Waals surface area (Å²) >= 11 is 3.57. The van der Waals surface area contributed by atoms with E-state index in [2.05, 4.69) is 40.3 Å². The molecule has 130 valence electrons. The fourth-order valence-corrected chi connectivity index (χ4v) is 3.00. The predicted molar refractivity (Wildman–Crippen MR) is 99.6 cm³/mol. The molecule has 1 atom stereocenters. The minimum atomic E-state index is -0.368. The smallest absolute Gasteiger partial charge is 0.175 e. The van der Waals surface area contributed by atoms with Gasteiger partial charge in [-0.25, -0.2) is 0 Å². The number of benzene rings is 2. The summed E-state index contributed by atoms with van der Waals surface area (Å²) in [4.78, 5) is 0. The lowest BCUT2D eigenvalue weighted by atomic mass is 10.1. The van der Waals surface area contributed by atoms with Gasteiger partial charge in [0.15, 0.2) is 11.5 Å². The van der Waals surface area contributed by atoms with Gasteiger partial charge in [0.05, 0.1) is 17.7 Å². The summed E-state index contributed by atoms with van der Waals surface area (Å²) in [5.74, 6) is 1.38. The second kappa shape index (κ2) is 9.06. The van der Waals surface area contributed by atoms with E-state index < -0.39 is 0 Å². The van der Waals surface area contributed by atoms with Gasteiger partial charge in [-0.15, -0.1) is 0 Å². The standard InChI is InChI=1S/C19H24BrNO3/c1-13-5-4-6-15(7-13)12-24-19-17(20)8-16(9-18(19)23-3)11-21-10-14(2)22/h4-9,14,21-22H,10-12H2,1-3H3/t14-/m0/s1. The van der Waals surface area contributed by atoms with Crippen LogP contribution in [-0.2, 0) is 13.2 Å². The quantitative estimate of drug-likeness (QED) is 0.715. The van der Waals surface area contributed by atoms with Crippen molar-refractivity contribution in [2.45, 2.75) is 33.1 Å². The second-order valence-electron chi connectivity index (χ2n) is 5.87. The van der Waals surface area contributed by atoms with E-state index in [9.17, 15) is 5.11 Å². The van der Waals surface area contributed by atoms with Gasteiger partial charge < -0.3 is 19.9 Å². The van der Waals surface area contributed by atoms with Crippen LogP contribution in [0.5, 0.6) is 11.5 Å². The second-order valence-corrected chi connectivity index (χ2v) is 6.72. The molecule has 0 unspecified atom stereocenters. The SMILES string of the molecule is COc1cc(CNC[C@H](C)O)cc(Br)c1OCc1cccc(C)c1. The third-order valence-electron chi connectivity index (χ3n) is 3.52. The van der Waals surface area contributed by atoms with Crippen LogP contribution >= 0.6 is 15.9 Å². The average molecular weight is 394 g/mol. The van der Waals surface area contributed by atoms with Crippen LogP contribution in [0.4, 0.5) is 0 Å². The molecule has 0 aliphatic rings. The van der Waals surface area contributed by atoms with Crippen LogP contribution < -0.4 is 14.8 Å². The van der Waals surface area contributed by atoms with E-state index >= 15 is 0 Å². The highest BCUT2D eigenvalue weighted by molar-refractivity contribution is 9.10. The molecule has 0 heterocycles. The molecule has 5 heteroatoms. The fourth-order valence-electron chi connectivity index (χ4n) is 2.40. The molecule has 2 aromatic rings. The zero-order chi connectivity index (χ0) is 17.5. The molecule has 0 radical (unpaired) electrons. The van der Waals surface area contributed by atoms with Crippen molar-refractivity contribution in [2.75, 3.05) is 13.7 Å². The predicted octanol–water partition coefficient (Wildman–Crippen LogP) is 3.82. The zero-order valence-electron chi connectivity index (χ0n) is 14.3. The summed E-state index contributed by atoms with van der Waals surface area (Å²) in [6, 6.07) is 12.2. The number of nitrogens with one attached hydrogen (secondary N) is 1. The molecular formula is C19H24BrNO3. The molecule has 0 saturated carbocycles. The minimum Gasteiger partial charge on any atom is -0.493 e. The van der Waals surface area contributed by atoms with Gasteiger partial charge in [0.25, 0.3) is 0 Å². The van der Waals surface area contributed by atoms with Crippen molar-refractivity contribution in [1.82, 2.24) is 5.32 Å². The number of aryl methyl sites for hydroxylation is 1. The molecule has 2 N–H and O–H groups in total. The number of hydrogen-bond donors (Lipinski definition) is 2. The molecule has 0 aliphatic heterocycles. The van der Waals surface area contributed by atoms with Crippen molar-refractivity contribution < 1.29 is 14.6 Å². The Bertz CT molecular complexity index is 674. The highest BCUT2D eigenvalue weighted by Gasteiger charge is 2.12. The molecule has 24 heavy (non-hydrogen) atoms. The normalized spacial score (nSPS) is 12.0. The highest BCUT2D eigenvalue weighted by Crippen LogP contribution is 2.37. The maximum atomic E-state index is 9.31. The van der Waals surface area contributed by atoms with Crippen LogP contribution in [-0.4, -0.2) is 24.9 Å². The van der Waals surface area contributed by atoms with E-state index in [4.69, 9.17) is 9.47 Å². The number of rotatable bonds is 8. The third kappa shape index (κ3) is 5.51. The molecule has 2 rings (SSSR count). The van der Waals surface area contributed by atoms with Gasteiger partial charge in [0.1, 0.15) is 6.61 Å². The number of halogens is 1. The Morgan fingerprint density at radius 3 is 2.67 bits per heavy atom. The number of aliphatic hydroxyl groups excluding tert-OH is 1. The Morgan fingerprint density at radius 1 is 1.21 bits per heavy atom. The third-order valence-corrected chi connectivity index (χ3v) is 4.11. The Labute approximate surface area is 151 Å². The number of aliphatic hydroxyl groups is 1. The van der Waals surface area contributed by atoms with E-state index in [0.29, 0.717) is 31.2 Å². The van der Waals surface area contributed by atoms with Gasteiger partial charge in [-0.05, 0) is 53.0 Å². The summed E-state index contributed by atoms with van der Waals surface area (Å²) in [6.07, 6.45) is -0.368. The van der Waals surface area contributed by atoms with Gasteiger partial charge >= 0.3 is 0 Å². The van der Waals surface area contributed by atoms with Crippen molar-refractivity contribution in [3.05, 3.63) is 57.6 Å². The molecule has 0 fully saturated rings. The topological polar surface area (TPSA) is 50.7 Å². The molecule has 0 spiro atoms. The van der Waals surface area contributed by atoms with E-state index in [1.54, 1.807) is 14.0 Å². The van der Waals surface area contributed by atoms with Crippen LogP contribution in [0.15, 0.2) is 40.9 Å². The van der Waals surface area contributed by atoms with Gasteiger partial charge in [-0.2, -0.15) is 0 Å². The molecule has 0 aromatic heterocycles. The lowest BCUT2D eigenvalue weighted by molar-refractivity contribution is 0.191. The molecule has 2 aromatic carbocycles. The van der Waals surface area contributed by atoms with Crippen molar-refractivity contribution in [3.8, 4) is 11.5 Å². The first-order valence-electron chi connectivity index (χ1n) is 7.93. The van der Waals surface area contributed by atoms with Crippen molar-refractivity contribution in [1.29, 1.82) is 0 Å². The van der Waals surface area contributed by atoms with Crippen LogP contribution in [0, 0.1) is 6.92 Å². The lowest BCUT2D eigenvalue weighted by Gasteiger charge is -2.15. The Balaban J connectivity index is 2.09. The Morgan fingerprint density at radius 2 is 2.00 bits per heavy atom. The summed E-state index contributed by atoms with van der Waals surface area (Å²) in [7, 11) is 1.63. The largest absolute Gasteiger partial charge is 0.493 e. The molecule has 0 saturated heterocycles. The molecule has 0 aliphatic carbocycles. The molecular weight excluding hydrogens is 370 g/mol. The first-order chi connectivity index (χ1) is 11.5. The van der Waals surface area contributed by atoms with E-state index in [1.165, 1.54) is 5.56 Å². The van der Waals surface area contributed by atoms with Gasteiger partial charge in [-0.1, -0.05) is 29.8 Å². The molecule has 0 amide bonds. The van der Waals surface area contributed by atoms with E-state index in [-0.39, 0.29) is 6.10 Å². The van der Waals surface area contributed by atoms with E-state index in [1.807, 2.05) is 24.3 Å². The van der Waals surface area contributed by atoms with Crippen LogP contribution in [0.2, 0.25) is 0 Å². The minimum absolute atomic E-state index is 0.368. The maximum Gasteiger partial charge on any atom is 0.175 e. The van der Waals surface area contributed by atoms with Gasteiger partial charge in [-0.3, -0.25) is 0 Å². The number of ether oxygens (including phenoxy) is 2. The number of hydrogen-bond acceptors (Lipinski definition) is 4. The molecule has 0 bridgehead atoms. The van der Waals surface area contributed by atoms with Crippen LogP contribution in [0.1, 0.15) is 23.6 Å². The summed E-state index contributed by atoms with van der Waals surface area (Å²) in [5, 5.41) is 12.5. The first-order valence-corrected chi connectivity index (χ1v) is 8.72. The van der Waals surface area contributed by atoms with Crippen molar-refractivity contribution >= 4 is 15.9 Å². The summed E-state index contributed by atoms with van der Waals surface area (Å²) < 4.78 is 12.3. The zero-order valence-corrected chi connectivity index (χ0v) is 15.9. The highest BCUT2D eigenvalue weighted by atomic mass is 79.9. The first kappa shape index (κ1) is 18.8. The Hall–Kier alpha value is -1.56. The monoisotopic (exact) mass is 393 g/mol. The summed E-state index contributed by atoms with van der Waals surface area (Å²) in [6.45, 7) is 5.50. The Kier molecular flexibility index (Phi) is 7.09. The van der Waals surface area contributed by atoms with E-state index in [0.717, 1.165) is 15.6 Å². The number of methoxy groups -OCH3 is 1. The van der Waals surface area contributed by atoms with Gasteiger partial charge in [0, 0.05) is 13.1 Å². The average Bonchev–Trinajstić information content (AvgIpc) is 2.53. The van der Waals surface area contributed by atoms with Gasteiger partial charge in [0.2, 0.25) is 0 Å². The lowest BCUT2D eigenvalue weighted by Crippen LogP contribution is -2.23. The van der Waals surface area contributed by atoms with Crippen molar-refractivity contribution in [3.63, 3.8) is 0 Å². The van der Waals surface area contributed by atoms with Crippen LogP contribution in [0.25, 0.3) is 0 Å². The molecule has 4 nitrogen and oxygen atoms in total. The fraction of sp³-hybridized carbons (Fsp3) is 0.368. The van der Waals surface area contributed by atoms with Crippen LogP contribution in [0.3, 0.4) is 0 Å². The summed E-state index contributed by atoms with van der Waals surface area (Å²) in [5.41, 5.74) is 3.38. The maximum absolute atomic E-state index is 9.31. The van der Waals surface area contributed by atoms with Crippen molar-refractivity contribution in [2.24, 2.45) is 0 Å².